The highest BCUT2D eigenvalue weighted by atomic mass is 32.2. The van der Waals surface area contributed by atoms with Gasteiger partial charge in [0, 0.05) is 11.0 Å². The second-order valence-corrected chi connectivity index (χ2v) is 3.63. The third-order valence-corrected chi connectivity index (χ3v) is 2.49. The lowest BCUT2D eigenvalue weighted by Gasteiger charge is -1.95. The number of carbonyl (C=O) groups is 1. The van der Waals surface area contributed by atoms with Gasteiger partial charge in [-0.3, -0.25) is 4.79 Å². The molecule has 0 amide bonds. The molecule has 0 atom stereocenters. The summed E-state index contributed by atoms with van der Waals surface area (Å²) in [6, 6.07) is 11.0. The summed E-state index contributed by atoms with van der Waals surface area (Å²) >= 11 is 1.13. The van der Waals surface area contributed by atoms with E-state index in [9.17, 15) is 4.79 Å². The minimum atomic E-state index is -0.131. The number of hydrogen-bond donors (Lipinski definition) is 0. The number of rotatable bonds is 2. The molecule has 14 heavy (non-hydrogen) atoms. The summed E-state index contributed by atoms with van der Waals surface area (Å²) in [5.41, 5.74) is 0. The molecule has 0 radical (unpaired) electrons. The first-order chi connectivity index (χ1) is 6.86. The SMILES string of the molecule is O=C(Sc1ccccc1)c1ccno1. The van der Waals surface area contributed by atoms with Crippen molar-refractivity contribution in [2.75, 3.05) is 0 Å². The molecule has 0 fully saturated rings. The van der Waals surface area contributed by atoms with Crippen LogP contribution in [0.25, 0.3) is 0 Å². The van der Waals surface area contributed by atoms with Crippen molar-refractivity contribution < 1.29 is 9.32 Å². The fourth-order valence-electron chi connectivity index (χ4n) is 0.967. The highest BCUT2D eigenvalue weighted by Gasteiger charge is 2.10. The first kappa shape index (κ1) is 9.02. The molecule has 3 nitrogen and oxygen atoms in total. The molecule has 1 aromatic heterocycles. The van der Waals surface area contributed by atoms with Crippen LogP contribution < -0.4 is 0 Å². The first-order valence-electron chi connectivity index (χ1n) is 4.04. The minimum Gasteiger partial charge on any atom is -0.352 e. The van der Waals surface area contributed by atoms with E-state index < -0.39 is 0 Å². The van der Waals surface area contributed by atoms with Gasteiger partial charge in [-0.1, -0.05) is 23.4 Å². The maximum absolute atomic E-state index is 11.5. The van der Waals surface area contributed by atoms with Crippen LogP contribution in [-0.2, 0) is 0 Å². The Morgan fingerprint density at radius 3 is 2.64 bits per heavy atom. The Bertz CT molecular complexity index is 411. The fraction of sp³-hybridized carbons (Fsp3) is 0. The molecule has 0 aliphatic heterocycles. The molecular formula is C10H7NO2S. The molecule has 0 spiro atoms. The van der Waals surface area contributed by atoms with Gasteiger partial charge in [-0.15, -0.1) is 0 Å². The van der Waals surface area contributed by atoms with Gasteiger partial charge < -0.3 is 4.52 Å². The molecule has 0 saturated carbocycles. The van der Waals surface area contributed by atoms with Crippen molar-refractivity contribution >= 4 is 16.9 Å². The summed E-state index contributed by atoms with van der Waals surface area (Å²) in [4.78, 5) is 12.4. The van der Waals surface area contributed by atoms with Crippen molar-refractivity contribution in [1.82, 2.24) is 5.16 Å². The third-order valence-electron chi connectivity index (χ3n) is 1.59. The number of thioether (sulfide) groups is 1. The molecule has 4 heteroatoms. The first-order valence-corrected chi connectivity index (χ1v) is 4.86. The van der Waals surface area contributed by atoms with Crippen LogP contribution in [0.5, 0.6) is 0 Å². The van der Waals surface area contributed by atoms with Gasteiger partial charge in [0.05, 0.1) is 6.20 Å². The lowest BCUT2D eigenvalue weighted by Crippen LogP contribution is -1.89. The van der Waals surface area contributed by atoms with Crippen molar-refractivity contribution in [3.8, 4) is 0 Å². The molecule has 0 unspecified atom stereocenters. The second kappa shape index (κ2) is 4.11. The van der Waals surface area contributed by atoms with E-state index in [1.54, 1.807) is 6.07 Å². The summed E-state index contributed by atoms with van der Waals surface area (Å²) in [7, 11) is 0. The maximum atomic E-state index is 11.5. The predicted molar refractivity (Wildman–Crippen MR) is 53.1 cm³/mol. The van der Waals surface area contributed by atoms with Crippen molar-refractivity contribution in [3.63, 3.8) is 0 Å². The van der Waals surface area contributed by atoms with E-state index in [-0.39, 0.29) is 10.9 Å². The van der Waals surface area contributed by atoms with Crippen LogP contribution in [0.1, 0.15) is 10.6 Å². The molecule has 0 bridgehead atoms. The van der Waals surface area contributed by atoms with Gasteiger partial charge >= 0.3 is 0 Å². The number of hydrogen-bond acceptors (Lipinski definition) is 4. The summed E-state index contributed by atoms with van der Waals surface area (Å²) in [6.07, 6.45) is 1.46. The van der Waals surface area contributed by atoms with E-state index in [1.165, 1.54) is 6.20 Å². The fourth-order valence-corrected chi connectivity index (χ4v) is 1.68. The Morgan fingerprint density at radius 1 is 1.21 bits per heavy atom. The molecule has 0 saturated heterocycles. The summed E-state index contributed by atoms with van der Waals surface area (Å²) < 4.78 is 4.75. The topological polar surface area (TPSA) is 43.1 Å². The molecular weight excluding hydrogens is 198 g/mol. The van der Waals surface area contributed by atoms with Gasteiger partial charge in [-0.2, -0.15) is 0 Å². The maximum Gasteiger partial charge on any atom is 0.262 e. The zero-order valence-corrected chi connectivity index (χ0v) is 8.03. The number of benzene rings is 1. The lowest BCUT2D eigenvalue weighted by molar-refractivity contribution is 0.105. The molecule has 1 heterocycles. The Balaban J connectivity index is 2.10. The van der Waals surface area contributed by atoms with Crippen LogP contribution in [-0.4, -0.2) is 10.3 Å². The average Bonchev–Trinajstić information content (AvgIpc) is 2.72. The molecule has 2 aromatic rings. The van der Waals surface area contributed by atoms with Gasteiger partial charge in [0.15, 0.2) is 0 Å². The molecule has 0 aliphatic carbocycles. The van der Waals surface area contributed by atoms with E-state index in [1.807, 2.05) is 30.3 Å². The Labute approximate surface area is 85.1 Å². The highest BCUT2D eigenvalue weighted by Crippen LogP contribution is 2.21. The Kier molecular flexibility index (Phi) is 2.65. The zero-order chi connectivity index (χ0) is 9.80. The normalized spacial score (nSPS) is 10.0. The van der Waals surface area contributed by atoms with Crippen molar-refractivity contribution in [3.05, 3.63) is 48.4 Å². The van der Waals surface area contributed by atoms with Gasteiger partial charge in [0.25, 0.3) is 5.12 Å². The van der Waals surface area contributed by atoms with Crippen LogP contribution in [0.3, 0.4) is 0 Å². The molecule has 2 rings (SSSR count). The quantitative estimate of drug-likeness (QED) is 0.707. The van der Waals surface area contributed by atoms with Crippen molar-refractivity contribution in [2.45, 2.75) is 4.90 Å². The van der Waals surface area contributed by atoms with E-state index in [4.69, 9.17) is 4.52 Å². The molecule has 70 valence electrons. The number of aromatic nitrogens is 1. The largest absolute Gasteiger partial charge is 0.352 e. The predicted octanol–water partition coefficient (Wildman–Crippen LogP) is 2.61. The molecule has 0 aliphatic rings. The van der Waals surface area contributed by atoms with Crippen LogP contribution in [0.4, 0.5) is 0 Å². The standard InChI is InChI=1S/C10H7NO2S/c12-10(9-6-7-11-13-9)14-8-4-2-1-3-5-8/h1-7H. The van der Waals surface area contributed by atoms with Gasteiger partial charge in [0.1, 0.15) is 0 Å². The third kappa shape index (κ3) is 2.03. The zero-order valence-electron chi connectivity index (χ0n) is 7.21. The summed E-state index contributed by atoms with van der Waals surface area (Å²) in [5, 5.41) is 3.34. The van der Waals surface area contributed by atoms with E-state index in [0.717, 1.165) is 16.7 Å². The van der Waals surface area contributed by atoms with Gasteiger partial charge in [0.2, 0.25) is 5.76 Å². The van der Waals surface area contributed by atoms with Crippen LogP contribution >= 0.6 is 11.8 Å². The average molecular weight is 205 g/mol. The van der Waals surface area contributed by atoms with E-state index in [0.29, 0.717) is 0 Å². The smallest absolute Gasteiger partial charge is 0.262 e. The minimum absolute atomic E-state index is 0.131. The van der Waals surface area contributed by atoms with Crippen molar-refractivity contribution in [1.29, 1.82) is 0 Å². The van der Waals surface area contributed by atoms with Crippen molar-refractivity contribution in [2.24, 2.45) is 0 Å². The van der Waals surface area contributed by atoms with Crippen LogP contribution in [0, 0.1) is 0 Å². The Hall–Kier alpha value is -1.55. The monoisotopic (exact) mass is 205 g/mol. The Morgan fingerprint density at radius 2 is 2.00 bits per heavy atom. The molecule has 0 N–H and O–H groups in total. The lowest BCUT2D eigenvalue weighted by atomic mass is 10.4. The van der Waals surface area contributed by atoms with Crippen LogP contribution in [0.2, 0.25) is 0 Å². The summed E-state index contributed by atoms with van der Waals surface area (Å²) in [6.45, 7) is 0. The number of nitrogens with zero attached hydrogens (tertiary/aromatic N) is 1. The highest BCUT2D eigenvalue weighted by molar-refractivity contribution is 8.14. The van der Waals surface area contributed by atoms with E-state index in [2.05, 4.69) is 5.16 Å². The van der Waals surface area contributed by atoms with Gasteiger partial charge in [-0.05, 0) is 23.9 Å². The number of carbonyl (C=O) groups excluding carboxylic acids is 1. The summed E-state index contributed by atoms with van der Waals surface area (Å²) in [5.74, 6) is 0.277. The van der Waals surface area contributed by atoms with Crippen LogP contribution in [0.15, 0.2) is 52.0 Å². The second-order valence-electron chi connectivity index (χ2n) is 2.58. The molecule has 1 aromatic carbocycles. The van der Waals surface area contributed by atoms with Gasteiger partial charge in [-0.25, -0.2) is 0 Å². The van der Waals surface area contributed by atoms with E-state index >= 15 is 0 Å².